The molecule has 2 atom stereocenters. The van der Waals surface area contributed by atoms with Crippen LogP contribution in [0.1, 0.15) is 40.0 Å². The van der Waals surface area contributed by atoms with Crippen LogP contribution in [0.3, 0.4) is 0 Å². The molecular weight excluding hydrogens is 351 g/mol. The van der Waals surface area contributed by atoms with Gasteiger partial charge >= 0.3 is 0 Å². The van der Waals surface area contributed by atoms with Crippen molar-refractivity contribution in [1.29, 1.82) is 0 Å². The lowest BCUT2D eigenvalue weighted by atomic mass is 9.97. The molecule has 1 heterocycles. The van der Waals surface area contributed by atoms with Gasteiger partial charge in [-0.25, -0.2) is 0 Å². The summed E-state index contributed by atoms with van der Waals surface area (Å²) in [5, 5.41) is 2.03. The van der Waals surface area contributed by atoms with E-state index in [-0.39, 0.29) is 0 Å². The number of fused-ring (bicyclic) bond motifs is 1. The third-order valence-corrected chi connectivity index (χ3v) is 8.02. The number of benzene rings is 1. The van der Waals surface area contributed by atoms with E-state index in [9.17, 15) is 0 Å². The van der Waals surface area contributed by atoms with E-state index >= 15 is 0 Å². The zero-order valence-electron chi connectivity index (χ0n) is 13.3. The van der Waals surface area contributed by atoms with Gasteiger partial charge in [-0.05, 0) is 36.5 Å². The van der Waals surface area contributed by atoms with E-state index in [1.807, 2.05) is 30.0 Å². The zero-order chi connectivity index (χ0) is 16.3. The van der Waals surface area contributed by atoms with E-state index in [2.05, 4.69) is 27.4 Å². The van der Waals surface area contributed by atoms with Crippen LogP contribution in [-0.2, 0) is 0 Å². The number of rotatable bonds is 5. The summed E-state index contributed by atoms with van der Waals surface area (Å²) in [7, 11) is 0. The van der Waals surface area contributed by atoms with Gasteiger partial charge in [0.15, 0.2) is 0 Å². The van der Waals surface area contributed by atoms with Gasteiger partial charge in [-0.1, -0.05) is 74.8 Å². The van der Waals surface area contributed by atoms with Crippen LogP contribution >= 0.6 is 46.7 Å². The number of thioether (sulfide) groups is 2. The maximum Gasteiger partial charge on any atom is 0.0557 e. The number of hydrogen-bond acceptors (Lipinski definition) is 2. The fourth-order valence-electron chi connectivity index (χ4n) is 2.44. The molecule has 0 aliphatic carbocycles. The second kappa shape index (κ2) is 8.19. The first-order valence-corrected chi connectivity index (χ1v) is 10.1. The first kappa shape index (κ1) is 18.3. The van der Waals surface area contributed by atoms with E-state index in [0.717, 1.165) is 32.7 Å². The standard InChI is InChI=1S/C18H22Cl2S2/c1-5-11(4)10-12(6-2)16-15(7-3)21-17-13(19)8-9-14(20)18(17)22-16/h6,8-9,11,15H,2,5,7,10H2,1,3-4H3/b16-12+. The van der Waals surface area contributed by atoms with E-state index in [1.165, 1.54) is 16.9 Å². The monoisotopic (exact) mass is 372 g/mol. The Morgan fingerprint density at radius 3 is 2.45 bits per heavy atom. The van der Waals surface area contributed by atoms with Crippen LogP contribution in [0.15, 0.2) is 45.1 Å². The highest BCUT2D eigenvalue weighted by molar-refractivity contribution is 8.09. The van der Waals surface area contributed by atoms with Crippen molar-refractivity contribution in [3.05, 3.63) is 45.3 Å². The van der Waals surface area contributed by atoms with Gasteiger partial charge in [-0.2, -0.15) is 0 Å². The summed E-state index contributed by atoms with van der Waals surface area (Å²) in [6.45, 7) is 10.8. The molecule has 2 rings (SSSR count). The van der Waals surface area contributed by atoms with Crippen molar-refractivity contribution in [1.82, 2.24) is 0 Å². The predicted octanol–water partition coefficient (Wildman–Crippen LogP) is 7.85. The molecule has 0 aromatic heterocycles. The quantitative estimate of drug-likeness (QED) is 0.515. The molecule has 1 aliphatic rings. The Kier molecular flexibility index (Phi) is 6.82. The summed E-state index contributed by atoms with van der Waals surface area (Å²) in [5.41, 5.74) is 1.36. The molecule has 2 unspecified atom stereocenters. The van der Waals surface area contributed by atoms with E-state index < -0.39 is 0 Å². The summed E-state index contributed by atoms with van der Waals surface area (Å²) in [4.78, 5) is 3.63. The van der Waals surface area contributed by atoms with Gasteiger partial charge < -0.3 is 0 Å². The molecule has 0 fully saturated rings. The predicted molar refractivity (Wildman–Crippen MR) is 104 cm³/mol. The first-order valence-electron chi connectivity index (χ1n) is 7.69. The normalized spacial score (nSPS) is 21.2. The smallest absolute Gasteiger partial charge is 0.0557 e. The zero-order valence-corrected chi connectivity index (χ0v) is 16.4. The van der Waals surface area contributed by atoms with Crippen LogP contribution in [0.2, 0.25) is 10.0 Å². The average Bonchev–Trinajstić information content (AvgIpc) is 2.54. The molecule has 1 aromatic rings. The van der Waals surface area contributed by atoms with Crippen LogP contribution < -0.4 is 0 Å². The van der Waals surface area contributed by atoms with Gasteiger partial charge in [0.1, 0.15) is 0 Å². The summed E-state index contributed by atoms with van der Waals surface area (Å²) >= 11 is 16.4. The fourth-order valence-corrected chi connectivity index (χ4v) is 5.96. The molecule has 22 heavy (non-hydrogen) atoms. The lowest BCUT2D eigenvalue weighted by molar-refractivity contribution is 0.561. The summed E-state index contributed by atoms with van der Waals surface area (Å²) in [6.07, 6.45) is 5.36. The van der Waals surface area contributed by atoms with E-state index in [0.29, 0.717) is 11.2 Å². The van der Waals surface area contributed by atoms with E-state index in [4.69, 9.17) is 23.2 Å². The molecule has 0 saturated heterocycles. The molecule has 0 nitrogen and oxygen atoms in total. The minimum absolute atomic E-state index is 0.436. The number of allylic oxidation sites excluding steroid dienone is 2. The summed E-state index contributed by atoms with van der Waals surface area (Å²) in [5.74, 6) is 0.667. The lowest BCUT2D eigenvalue weighted by Gasteiger charge is -2.29. The SMILES string of the molecule is C=C/C(CC(C)CC)=C1\Sc2c(Cl)ccc(Cl)c2SC1CC. The van der Waals surface area contributed by atoms with Gasteiger partial charge in [-0.15, -0.1) is 11.8 Å². The molecule has 1 aromatic carbocycles. The topological polar surface area (TPSA) is 0 Å². The number of halogens is 2. The largest absolute Gasteiger partial charge is 0.115 e. The maximum atomic E-state index is 6.41. The Balaban J connectivity index is 2.47. The third kappa shape index (κ3) is 3.90. The Bertz CT molecular complexity index is 593. The molecule has 1 aliphatic heterocycles. The van der Waals surface area contributed by atoms with Crippen molar-refractivity contribution >= 4 is 46.7 Å². The molecule has 120 valence electrons. The Labute approximate surface area is 152 Å². The van der Waals surface area contributed by atoms with Crippen LogP contribution in [0.25, 0.3) is 0 Å². The Morgan fingerprint density at radius 1 is 1.27 bits per heavy atom. The van der Waals surface area contributed by atoms with Gasteiger partial charge in [0.2, 0.25) is 0 Å². The van der Waals surface area contributed by atoms with Gasteiger partial charge in [0.25, 0.3) is 0 Å². The highest BCUT2D eigenvalue weighted by Gasteiger charge is 2.29. The van der Waals surface area contributed by atoms with Crippen LogP contribution in [-0.4, -0.2) is 5.25 Å². The van der Waals surface area contributed by atoms with Crippen molar-refractivity contribution < 1.29 is 0 Å². The van der Waals surface area contributed by atoms with Crippen molar-refractivity contribution in [3.8, 4) is 0 Å². The summed E-state index contributed by atoms with van der Waals surface area (Å²) in [6, 6.07) is 3.79. The first-order chi connectivity index (χ1) is 10.5. The van der Waals surface area contributed by atoms with Crippen molar-refractivity contribution in [3.63, 3.8) is 0 Å². The lowest BCUT2D eigenvalue weighted by Crippen LogP contribution is -2.11. The molecular formula is C18H22Cl2S2. The number of hydrogen-bond donors (Lipinski definition) is 0. The van der Waals surface area contributed by atoms with Crippen LogP contribution in [0.5, 0.6) is 0 Å². The molecule has 0 N–H and O–H groups in total. The molecule has 0 spiro atoms. The Morgan fingerprint density at radius 2 is 1.91 bits per heavy atom. The average molecular weight is 373 g/mol. The maximum absolute atomic E-state index is 6.41. The summed E-state index contributed by atoms with van der Waals surface area (Å²) < 4.78 is 0. The molecule has 0 bridgehead atoms. The highest BCUT2D eigenvalue weighted by Crippen LogP contribution is 2.54. The second-order valence-electron chi connectivity index (χ2n) is 5.62. The van der Waals surface area contributed by atoms with Gasteiger partial charge in [-0.3, -0.25) is 0 Å². The van der Waals surface area contributed by atoms with Crippen molar-refractivity contribution in [2.45, 2.75) is 55.1 Å². The van der Waals surface area contributed by atoms with Crippen molar-refractivity contribution in [2.24, 2.45) is 5.92 Å². The van der Waals surface area contributed by atoms with Crippen LogP contribution in [0.4, 0.5) is 0 Å². The molecule has 4 heteroatoms. The van der Waals surface area contributed by atoms with E-state index in [1.54, 1.807) is 11.8 Å². The third-order valence-electron chi connectivity index (χ3n) is 3.98. The highest BCUT2D eigenvalue weighted by atomic mass is 35.5. The van der Waals surface area contributed by atoms with Crippen LogP contribution in [0, 0.1) is 5.92 Å². The second-order valence-corrected chi connectivity index (χ2v) is 8.70. The molecule has 0 radical (unpaired) electrons. The minimum atomic E-state index is 0.436. The Hall–Kier alpha value is -0.0200. The minimum Gasteiger partial charge on any atom is -0.115 e. The van der Waals surface area contributed by atoms with Gasteiger partial charge in [0, 0.05) is 19.9 Å². The molecule has 0 saturated carbocycles. The van der Waals surface area contributed by atoms with Gasteiger partial charge in [0.05, 0.1) is 10.0 Å². The molecule has 0 amide bonds. The van der Waals surface area contributed by atoms with Crippen molar-refractivity contribution in [2.75, 3.05) is 0 Å². The fraction of sp³-hybridized carbons (Fsp3) is 0.444.